The molecule has 0 amide bonds. The minimum atomic E-state index is 0.722. The van der Waals surface area contributed by atoms with E-state index >= 15 is 0 Å². The molecule has 0 saturated carbocycles. The number of thiophene rings is 1. The molecule has 0 aliphatic carbocycles. The van der Waals surface area contributed by atoms with Gasteiger partial charge in [0.05, 0.1) is 6.61 Å². The molecule has 1 unspecified atom stereocenters. The van der Waals surface area contributed by atoms with Gasteiger partial charge in [-0.05, 0) is 50.9 Å². The highest BCUT2D eigenvalue weighted by Gasteiger charge is 2.16. The van der Waals surface area contributed by atoms with Crippen molar-refractivity contribution in [1.82, 2.24) is 10.2 Å². The molecular weight excluding hydrogens is 268 g/mol. The van der Waals surface area contributed by atoms with Crippen LogP contribution < -0.4 is 5.32 Å². The monoisotopic (exact) mass is 296 g/mol. The summed E-state index contributed by atoms with van der Waals surface area (Å²) in [5.74, 6) is 0.722. The molecule has 1 aliphatic heterocycles. The third kappa shape index (κ3) is 5.52. The van der Waals surface area contributed by atoms with E-state index < -0.39 is 0 Å². The molecule has 3 nitrogen and oxygen atoms in total. The Morgan fingerprint density at radius 2 is 2.25 bits per heavy atom. The number of hydrogen-bond donors (Lipinski definition) is 1. The molecule has 114 valence electrons. The Bertz CT molecular complexity index is 374. The van der Waals surface area contributed by atoms with Gasteiger partial charge in [-0.3, -0.25) is 0 Å². The molecule has 1 aromatic heterocycles. The van der Waals surface area contributed by atoms with E-state index in [1.54, 1.807) is 0 Å². The van der Waals surface area contributed by atoms with E-state index in [0.717, 1.165) is 45.3 Å². The Labute approximate surface area is 127 Å². The first-order valence-corrected chi connectivity index (χ1v) is 8.64. The van der Waals surface area contributed by atoms with E-state index in [4.69, 9.17) is 4.74 Å². The van der Waals surface area contributed by atoms with Crippen LogP contribution in [0.5, 0.6) is 0 Å². The fraction of sp³-hybridized carbons (Fsp3) is 0.750. The van der Waals surface area contributed by atoms with E-state index in [1.165, 1.54) is 29.0 Å². The summed E-state index contributed by atoms with van der Waals surface area (Å²) in [5, 5.41) is 3.46. The molecule has 2 rings (SSSR count). The number of nitrogens with one attached hydrogen (secondary N) is 1. The van der Waals surface area contributed by atoms with Crippen molar-refractivity contribution in [3.63, 3.8) is 0 Å². The Kier molecular flexibility index (Phi) is 7.00. The van der Waals surface area contributed by atoms with Crippen LogP contribution in [0.3, 0.4) is 0 Å². The maximum atomic E-state index is 5.56. The van der Waals surface area contributed by atoms with Crippen molar-refractivity contribution >= 4 is 11.3 Å². The summed E-state index contributed by atoms with van der Waals surface area (Å²) in [6.07, 6.45) is 3.75. The summed E-state index contributed by atoms with van der Waals surface area (Å²) in [4.78, 5) is 5.36. The van der Waals surface area contributed by atoms with Crippen molar-refractivity contribution in [3.05, 3.63) is 21.9 Å². The van der Waals surface area contributed by atoms with E-state index in [2.05, 4.69) is 36.3 Å². The maximum absolute atomic E-state index is 5.56. The van der Waals surface area contributed by atoms with Gasteiger partial charge in [-0.15, -0.1) is 11.3 Å². The summed E-state index contributed by atoms with van der Waals surface area (Å²) in [6.45, 7) is 8.45. The summed E-state index contributed by atoms with van der Waals surface area (Å²) < 4.78 is 5.56. The number of ether oxygens (including phenoxy) is 1. The topological polar surface area (TPSA) is 24.5 Å². The van der Waals surface area contributed by atoms with Gasteiger partial charge in [0.2, 0.25) is 0 Å². The number of nitrogens with zero attached hydrogens (tertiary/aromatic N) is 1. The van der Waals surface area contributed by atoms with Gasteiger partial charge in [-0.25, -0.2) is 0 Å². The second-order valence-corrected chi connectivity index (χ2v) is 7.08. The smallest absolute Gasteiger partial charge is 0.0506 e. The molecular formula is C16H28N2OS. The van der Waals surface area contributed by atoms with Crippen molar-refractivity contribution in [3.8, 4) is 0 Å². The first-order valence-electron chi connectivity index (χ1n) is 7.82. The van der Waals surface area contributed by atoms with Gasteiger partial charge in [-0.2, -0.15) is 0 Å². The standard InChI is InChI=1S/C16H28N2OS/c1-3-8-17-10-15-6-7-16(20-15)12-18(2)11-14-5-4-9-19-13-14/h6-7,14,17H,3-5,8-13H2,1-2H3. The van der Waals surface area contributed by atoms with E-state index in [-0.39, 0.29) is 0 Å². The second kappa shape index (κ2) is 8.78. The molecule has 2 heterocycles. The normalized spacial score (nSPS) is 19.6. The Balaban J connectivity index is 1.71. The lowest BCUT2D eigenvalue weighted by Crippen LogP contribution is -2.30. The molecule has 20 heavy (non-hydrogen) atoms. The molecule has 4 heteroatoms. The van der Waals surface area contributed by atoms with Crippen LogP contribution in [0.1, 0.15) is 35.9 Å². The first kappa shape index (κ1) is 16.0. The highest BCUT2D eigenvalue weighted by molar-refractivity contribution is 7.11. The summed E-state index contributed by atoms with van der Waals surface area (Å²) in [7, 11) is 2.23. The molecule has 0 bridgehead atoms. The molecule has 0 spiro atoms. The lowest BCUT2D eigenvalue weighted by atomic mass is 10.0. The van der Waals surface area contributed by atoms with Gasteiger partial charge in [0.25, 0.3) is 0 Å². The first-order chi connectivity index (χ1) is 9.78. The zero-order chi connectivity index (χ0) is 14.2. The van der Waals surface area contributed by atoms with Crippen LogP contribution >= 0.6 is 11.3 Å². The highest BCUT2D eigenvalue weighted by Crippen LogP contribution is 2.20. The molecule has 0 aromatic carbocycles. The number of hydrogen-bond acceptors (Lipinski definition) is 4. The van der Waals surface area contributed by atoms with Crippen LogP contribution in [0, 0.1) is 5.92 Å². The molecule has 0 radical (unpaired) electrons. The molecule has 1 aliphatic rings. The van der Waals surface area contributed by atoms with Gasteiger partial charge in [0.1, 0.15) is 0 Å². The zero-order valence-electron chi connectivity index (χ0n) is 12.9. The zero-order valence-corrected chi connectivity index (χ0v) is 13.7. The van der Waals surface area contributed by atoms with Crippen molar-refractivity contribution < 1.29 is 4.74 Å². The third-order valence-electron chi connectivity index (χ3n) is 3.69. The third-order valence-corrected chi connectivity index (χ3v) is 4.76. The van der Waals surface area contributed by atoms with Crippen LogP contribution in [0.2, 0.25) is 0 Å². The van der Waals surface area contributed by atoms with Crippen LogP contribution in [0.15, 0.2) is 12.1 Å². The Morgan fingerprint density at radius 1 is 1.40 bits per heavy atom. The highest BCUT2D eigenvalue weighted by atomic mass is 32.1. The van der Waals surface area contributed by atoms with Crippen LogP contribution in [-0.4, -0.2) is 38.3 Å². The second-order valence-electron chi connectivity index (χ2n) is 5.82. The molecule has 1 atom stereocenters. The van der Waals surface area contributed by atoms with E-state index in [0.29, 0.717) is 0 Å². The molecule has 1 fully saturated rings. The molecule has 1 aromatic rings. The fourth-order valence-corrected chi connectivity index (χ4v) is 3.78. The van der Waals surface area contributed by atoms with Crippen LogP contribution in [0.4, 0.5) is 0 Å². The van der Waals surface area contributed by atoms with Crippen LogP contribution in [0.25, 0.3) is 0 Å². The van der Waals surface area contributed by atoms with Crippen molar-refractivity contribution in [2.24, 2.45) is 5.92 Å². The van der Waals surface area contributed by atoms with Gasteiger partial charge in [0, 0.05) is 36.0 Å². The number of rotatable bonds is 8. The average Bonchev–Trinajstić information content (AvgIpc) is 2.87. The Morgan fingerprint density at radius 3 is 3.00 bits per heavy atom. The largest absolute Gasteiger partial charge is 0.381 e. The van der Waals surface area contributed by atoms with Crippen molar-refractivity contribution in [1.29, 1.82) is 0 Å². The predicted octanol–water partition coefficient (Wildman–Crippen LogP) is 3.11. The quantitative estimate of drug-likeness (QED) is 0.746. The van der Waals surface area contributed by atoms with Gasteiger partial charge < -0.3 is 15.0 Å². The molecule has 1 N–H and O–H groups in total. The predicted molar refractivity (Wildman–Crippen MR) is 86.2 cm³/mol. The van der Waals surface area contributed by atoms with E-state index in [9.17, 15) is 0 Å². The average molecular weight is 296 g/mol. The van der Waals surface area contributed by atoms with Gasteiger partial charge >= 0.3 is 0 Å². The van der Waals surface area contributed by atoms with Gasteiger partial charge in [-0.1, -0.05) is 6.92 Å². The fourth-order valence-electron chi connectivity index (χ4n) is 2.71. The SMILES string of the molecule is CCCNCc1ccc(CN(C)CC2CCCOC2)s1. The minimum absolute atomic E-state index is 0.722. The van der Waals surface area contributed by atoms with Crippen LogP contribution in [-0.2, 0) is 17.8 Å². The summed E-state index contributed by atoms with van der Waals surface area (Å²) in [6, 6.07) is 4.54. The van der Waals surface area contributed by atoms with Gasteiger partial charge in [0.15, 0.2) is 0 Å². The summed E-state index contributed by atoms with van der Waals surface area (Å²) >= 11 is 1.94. The lowest BCUT2D eigenvalue weighted by molar-refractivity contribution is 0.0413. The summed E-state index contributed by atoms with van der Waals surface area (Å²) in [5.41, 5.74) is 0. The van der Waals surface area contributed by atoms with Crippen molar-refractivity contribution in [2.45, 2.75) is 39.3 Å². The lowest BCUT2D eigenvalue weighted by Gasteiger charge is -2.26. The van der Waals surface area contributed by atoms with Crippen molar-refractivity contribution in [2.75, 3.05) is 33.4 Å². The minimum Gasteiger partial charge on any atom is -0.381 e. The van der Waals surface area contributed by atoms with E-state index in [1.807, 2.05) is 11.3 Å². The maximum Gasteiger partial charge on any atom is 0.0506 e. The molecule has 1 saturated heterocycles. The Hall–Kier alpha value is -0.420.